The average Bonchev–Trinajstić information content (AvgIpc) is 3.79. The highest BCUT2D eigenvalue weighted by Gasteiger charge is 2.56. The molecule has 10 atom stereocenters. The van der Waals surface area contributed by atoms with E-state index in [9.17, 15) is 24.3 Å². The van der Waals surface area contributed by atoms with Crippen LogP contribution in [0.25, 0.3) is 23.5 Å². The molecule has 2 aromatic rings. The van der Waals surface area contributed by atoms with E-state index in [2.05, 4.69) is 27.5 Å². The molecule has 4 fully saturated rings. The number of aromatic hydroxyl groups is 1. The molecule has 0 aromatic carbocycles. The number of anilines is 1. The number of nitrogens with zero attached hydrogens (tertiary/aromatic N) is 3. The second-order valence-corrected chi connectivity index (χ2v) is 18.7. The maximum absolute atomic E-state index is 14.8. The van der Waals surface area contributed by atoms with Crippen molar-refractivity contribution in [3.63, 3.8) is 0 Å². The summed E-state index contributed by atoms with van der Waals surface area (Å²) < 4.78 is 17.5. The minimum atomic E-state index is -1.08. The Kier molecular flexibility index (Phi) is 11.6. The van der Waals surface area contributed by atoms with E-state index in [1.807, 2.05) is 52.2 Å². The first-order valence-electron chi connectivity index (χ1n) is 20.1. The highest BCUT2D eigenvalue weighted by molar-refractivity contribution is 7.14. The van der Waals surface area contributed by atoms with E-state index in [0.29, 0.717) is 46.8 Å². The van der Waals surface area contributed by atoms with Crippen molar-refractivity contribution in [3.8, 4) is 17.1 Å². The topological polar surface area (TPSA) is 181 Å². The molecule has 7 rings (SSSR count). The molecule has 4 aliphatic carbocycles. The number of fused-ring (bicyclic) bond motifs is 2. The van der Waals surface area contributed by atoms with Gasteiger partial charge in [0.2, 0.25) is 11.8 Å². The normalized spacial score (nSPS) is 30.3. The molecule has 0 bridgehead atoms. The molecule has 2 aromatic heterocycles. The summed E-state index contributed by atoms with van der Waals surface area (Å²) in [5.41, 5.74) is -0.680. The first kappa shape index (κ1) is 40.8. The Labute approximate surface area is 337 Å². The number of rotatable bonds is 15. The molecule has 14 nitrogen and oxygen atoms in total. The molecule has 308 valence electrons. The summed E-state index contributed by atoms with van der Waals surface area (Å²) in [7, 11) is 1.59. The first-order valence-corrected chi connectivity index (χ1v) is 21.0. The quantitative estimate of drug-likeness (QED) is 0.118. The number of nitrogens with one attached hydrogen (secondary N) is 3. The number of amides is 3. The van der Waals surface area contributed by atoms with Crippen molar-refractivity contribution in [1.29, 1.82) is 0 Å². The van der Waals surface area contributed by atoms with Crippen LogP contribution >= 0.6 is 11.3 Å². The Morgan fingerprint density at radius 1 is 1.09 bits per heavy atom. The number of carbonyl (C=O) groups excluding carboxylic acids is 4. The molecule has 0 radical (unpaired) electrons. The fourth-order valence-corrected chi connectivity index (χ4v) is 9.66. The number of likely N-dealkylation sites (tertiary alicyclic amines) is 1. The first-order chi connectivity index (χ1) is 27.1. The second-order valence-electron chi connectivity index (χ2n) is 17.8. The van der Waals surface area contributed by atoms with E-state index in [1.54, 1.807) is 19.3 Å². The van der Waals surface area contributed by atoms with Gasteiger partial charge in [-0.05, 0) is 75.2 Å². The molecule has 15 heteroatoms. The zero-order valence-corrected chi connectivity index (χ0v) is 34.5. The molecule has 5 unspecified atom stereocenters. The summed E-state index contributed by atoms with van der Waals surface area (Å²) >= 11 is 1.46. The molecular weight excluding hydrogens is 749 g/mol. The van der Waals surface area contributed by atoms with Crippen LogP contribution in [0.15, 0.2) is 24.1 Å². The Balaban J connectivity index is 1.19. The van der Waals surface area contributed by atoms with Gasteiger partial charge in [0.25, 0.3) is 0 Å². The molecular formula is C42H56N6O8S. The highest BCUT2D eigenvalue weighted by atomic mass is 32.1. The third kappa shape index (κ3) is 8.75. The maximum Gasteiger partial charge on any atom is 0.408 e. The Morgan fingerprint density at radius 3 is 2.49 bits per heavy atom. The number of methoxy groups -OCH3 is 1. The Bertz CT molecular complexity index is 2000. The van der Waals surface area contributed by atoms with Gasteiger partial charge in [0.1, 0.15) is 41.5 Å². The molecule has 4 N–H and O–H groups in total. The van der Waals surface area contributed by atoms with Gasteiger partial charge in [-0.25, -0.2) is 14.8 Å². The minimum Gasteiger partial charge on any atom is -0.507 e. The number of pyridine rings is 1. The van der Waals surface area contributed by atoms with Crippen LogP contribution in [0.3, 0.4) is 0 Å². The lowest BCUT2D eigenvalue weighted by Gasteiger charge is -2.36. The van der Waals surface area contributed by atoms with Gasteiger partial charge in [0, 0.05) is 48.2 Å². The van der Waals surface area contributed by atoms with Crippen molar-refractivity contribution in [1.82, 2.24) is 25.5 Å². The molecule has 57 heavy (non-hydrogen) atoms. The van der Waals surface area contributed by atoms with E-state index in [-0.39, 0.29) is 49.3 Å². The van der Waals surface area contributed by atoms with Crippen molar-refractivity contribution in [2.45, 2.75) is 103 Å². The van der Waals surface area contributed by atoms with Crippen LogP contribution in [-0.4, -0.2) is 107 Å². The predicted molar refractivity (Wildman–Crippen MR) is 215 cm³/mol. The van der Waals surface area contributed by atoms with Crippen molar-refractivity contribution in [3.05, 3.63) is 34.7 Å². The Hall–Kier alpha value is -4.34. The summed E-state index contributed by atoms with van der Waals surface area (Å²) in [6, 6.07) is -0.174. The lowest BCUT2D eigenvalue weighted by Crippen LogP contribution is -2.58. The van der Waals surface area contributed by atoms with E-state index in [0.717, 1.165) is 24.3 Å². The summed E-state index contributed by atoms with van der Waals surface area (Å²) in [5, 5.41) is 24.3. The lowest BCUT2D eigenvalue weighted by atomic mass is 9.82. The number of aldehydes is 1. The van der Waals surface area contributed by atoms with Crippen molar-refractivity contribution < 1.29 is 38.5 Å². The average molecular weight is 805 g/mol. The van der Waals surface area contributed by atoms with Crippen molar-refractivity contribution in [2.24, 2.45) is 35.0 Å². The Morgan fingerprint density at radius 2 is 1.84 bits per heavy atom. The van der Waals surface area contributed by atoms with Crippen LogP contribution in [0.2, 0.25) is 0 Å². The number of alkyl carbamates (subject to hydrolysis) is 1. The molecule has 1 aliphatic heterocycles. The third-order valence-corrected chi connectivity index (χ3v) is 12.9. The second kappa shape index (κ2) is 16.1. The van der Waals surface area contributed by atoms with Gasteiger partial charge in [0.05, 0.1) is 30.4 Å². The smallest absolute Gasteiger partial charge is 0.408 e. The van der Waals surface area contributed by atoms with Crippen molar-refractivity contribution >= 4 is 52.8 Å². The van der Waals surface area contributed by atoms with Crippen LogP contribution in [0.5, 0.6) is 5.75 Å². The maximum atomic E-state index is 14.8. The highest BCUT2D eigenvalue weighted by Crippen LogP contribution is 2.52. The van der Waals surface area contributed by atoms with E-state index in [4.69, 9.17) is 19.2 Å². The fourth-order valence-electron chi connectivity index (χ4n) is 8.81. The zero-order valence-electron chi connectivity index (χ0n) is 33.7. The molecule has 1 saturated heterocycles. The standard InChI is InChI=1S/C42H56N6O8S/c1-8-26-18-42(26,21-49)47-37(51)33-14-25(19-48(33)38(52)36(41(4,5)6)46-40(53)56-27-12-23-11-24(23)13-27)28-15-29-30(17-35(28)55-10-9-54-7)44-31(16-34(29)50)32-20-57-39(45-32)43-22(2)3/h8,15-17,20-28,33,35-36,50H,1,9-14,18-19H2,2-7H3,(H,43,45)(H,46,53)(H,47,51)/t23-,24+,25-,26?,27+,28?,33?,35?,36?,42+/m1/s1. The van der Waals surface area contributed by atoms with Gasteiger partial charge < -0.3 is 45.0 Å². The number of hydrogen-bond donors (Lipinski definition) is 4. The fraction of sp³-hybridized carbons (Fsp3) is 0.619. The van der Waals surface area contributed by atoms with Gasteiger partial charge in [-0.2, -0.15) is 0 Å². The van der Waals surface area contributed by atoms with Crippen LogP contribution < -0.4 is 26.5 Å². The van der Waals surface area contributed by atoms with Gasteiger partial charge in [-0.15, -0.1) is 17.9 Å². The summed E-state index contributed by atoms with van der Waals surface area (Å²) in [6.45, 7) is 14.2. The minimum absolute atomic E-state index is 0.0189. The number of hydrogen-bond acceptors (Lipinski definition) is 12. The summed E-state index contributed by atoms with van der Waals surface area (Å²) in [4.78, 5) is 65.7. The number of carbonyl (C=O) groups is 4. The zero-order chi connectivity index (χ0) is 40.8. The molecule has 0 spiro atoms. The molecule has 3 saturated carbocycles. The predicted octanol–water partition coefficient (Wildman–Crippen LogP) is 3.37. The summed E-state index contributed by atoms with van der Waals surface area (Å²) in [5.74, 6) is -0.563. The van der Waals surface area contributed by atoms with Crippen LogP contribution in [-0.2, 0) is 28.6 Å². The van der Waals surface area contributed by atoms with Gasteiger partial charge in [0.15, 0.2) is 5.13 Å². The third-order valence-electron chi connectivity index (χ3n) is 12.1. The van der Waals surface area contributed by atoms with Gasteiger partial charge >= 0.3 is 6.09 Å². The van der Waals surface area contributed by atoms with E-state index in [1.165, 1.54) is 22.7 Å². The van der Waals surface area contributed by atoms with Crippen LogP contribution in [0.4, 0.5) is 9.93 Å². The largest absolute Gasteiger partial charge is 0.507 e. The van der Waals surface area contributed by atoms with Gasteiger partial charge in [-0.3, -0.25) is 9.59 Å². The SMILES string of the molecule is C=CC1C[C@@]1(C=O)NC(=O)C1C[C@@H](C2C=c3c(O)cc(-c4csc(NC(C)C)n4)nc3=CC2OCCOC)CN1C(=O)C(NC(=O)O[C@@H]1C[C@@H]2C[C@@H]2C1)C(C)(C)C. The monoisotopic (exact) mass is 804 g/mol. The number of ether oxygens (including phenoxy) is 3. The van der Waals surface area contributed by atoms with E-state index < -0.39 is 53.0 Å². The van der Waals surface area contributed by atoms with E-state index >= 15 is 0 Å². The van der Waals surface area contributed by atoms with Crippen LogP contribution in [0, 0.1) is 35.0 Å². The number of thiazole rings is 1. The summed E-state index contributed by atoms with van der Waals surface area (Å²) in [6.07, 6.45) is 8.36. The molecule has 3 amide bonds. The van der Waals surface area contributed by atoms with Crippen LogP contribution in [0.1, 0.15) is 66.7 Å². The molecule has 3 heterocycles. The molecule has 5 aliphatic rings. The van der Waals surface area contributed by atoms with Crippen molar-refractivity contribution in [2.75, 3.05) is 32.2 Å². The number of aromatic nitrogens is 2. The van der Waals surface area contributed by atoms with Gasteiger partial charge in [-0.1, -0.05) is 32.9 Å². The lowest BCUT2D eigenvalue weighted by molar-refractivity contribution is -0.142.